The number of anilines is 1. The standard InChI is InChI=1S/C13H11BrN2O2S/c14-9-3-5-10(6-4-9)19-8-12(18)16-13-11(17)2-1-7-15-13/h1-7,17H,8H2,(H,15,16,18). The molecule has 0 saturated heterocycles. The van der Waals surface area contributed by atoms with E-state index >= 15 is 0 Å². The second-order valence-electron chi connectivity index (χ2n) is 3.66. The number of thioether (sulfide) groups is 1. The summed E-state index contributed by atoms with van der Waals surface area (Å²) >= 11 is 4.77. The smallest absolute Gasteiger partial charge is 0.235 e. The Hall–Kier alpha value is -1.53. The monoisotopic (exact) mass is 338 g/mol. The van der Waals surface area contributed by atoms with E-state index in [1.807, 2.05) is 24.3 Å². The first-order chi connectivity index (χ1) is 9.15. The minimum atomic E-state index is -0.207. The van der Waals surface area contributed by atoms with Crippen molar-refractivity contribution in [1.29, 1.82) is 0 Å². The Bertz CT molecular complexity index is 575. The summed E-state index contributed by atoms with van der Waals surface area (Å²) in [6.07, 6.45) is 1.51. The van der Waals surface area contributed by atoms with Gasteiger partial charge >= 0.3 is 0 Å². The summed E-state index contributed by atoms with van der Waals surface area (Å²) in [6, 6.07) is 10.8. The SMILES string of the molecule is O=C(CSc1ccc(Br)cc1)Nc1ncccc1O. The Balaban J connectivity index is 1.88. The summed E-state index contributed by atoms with van der Waals surface area (Å²) in [6.45, 7) is 0. The van der Waals surface area contributed by atoms with Gasteiger partial charge in [0.1, 0.15) is 0 Å². The lowest BCUT2D eigenvalue weighted by Gasteiger charge is -2.05. The minimum Gasteiger partial charge on any atom is -0.504 e. The molecule has 19 heavy (non-hydrogen) atoms. The Morgan fingerprint density at radius 3 is 2.74 bits per heavy atom. The molecule has 0 aliphatic heterocycles. The minimum absolute atomic E-state index is 0.0375. The van der Waals surface area contributed by atoms with Crippen LogP contribution in [0.1, 0.15) is 0 Å². The van der Waals surface area contributed by atoms with E-state index in [2.05, 4.69) is 26.2 Å². The van der Waals surface area contributed by atoms with Crippen LogP contribution >= 0.6 is 27.7 Å². The van der Waals surface area contributed by atoms with Crippen LogP contribution in [0.5, 0.6) is 5.75 Å². The van der Waals surface area contributed by atoms with E-state index in [-0.39, 0.29) is 23.2 Å². The molecule has 0 atom stereocenters. The molecule has 1 amide bonds. The molecule has 0 saturated carbocycles. The van der Waals surface area contributed by atoms with E-state index in [4.69, 9.17) is 0 Å². The van der Waals surface area contributed by atoms with Gasteiger partial charge in [-0.15, -0.1) is 11.8 Å². The zero-order chi connectivity index (χ0) is 13.7. The maximum Gasteiger partial charge on any atom is 0.235 e. The molecule has 0 unspecified atom stereocenters. The number of aromatic nitrogens is 1. The Kier molecular flexibility index (Phi) is 4.81. The molecule has 1 aromatic heterocycles. The molecular formula is C13H11BrN2O2S. The number of aromatic hydroxyl groups is 1. The van der Waals surface area contributed by atoms with Crippen LogP contribution in [0.25, 0.3) is 0 Å². The molecular weight excluding hydrogens is 328 g/mol. The summed E-state index contributed by atoms with van der Waals surface area (Å²) in [4.78, 5) is 16.6. The fourth-order valence-corrected chi connectivity index (χ4v) is 2.30. The van der Waals surface area contributed by atoms with Crippen LogP contribution in [0.3, 0.4) is 0 Å². The van der Waals surface area contributed by atoms with Gasteiger partial charge < -0.3 is 10.4 Å². The topological polar surface area (TPSA) is 62.2 Å². The summed E-state index contributed by atoms with van der Waals surface area (Å²) in [5.74, 6) is 0.202. The van der Waals surface area contributed by atoms with Crippen LogP contribution in [0.4, 0.5) is 5.82 Å². The van der Waals surface area contributed by atoms with Crippen LogP contribution in [-0.2, 0) is 4.79 Å². The van der Waals surface area contributed by atoms with Crippen molar-refractivity contribution in [2.45, 2.75) is 4.90 Å². The van der Waals surface area contributed by atoms with Crippen LogP contribution in [0.15, 0.2) is 52.0 Å². The summed E-state index contributed by atoms with van der Waals surface area (Å²) in [7, 11) is 0. The molecule has 2 rings (SSSR count). The normalized spacial score (nSPS) is 10.2. The number of hydrogen-bond acceptors (Lipinski definition) is 4. The fraction of sp³-hybridized carbons (Fsp3) is 0.0769. The van der Waals surface area contributed by atoms with Gasteiger partial charge in [0, 0.05) is 15.6 Å². The third-order valence-electron chi connectivity index (χ3n) is 2.23. The number of amides is 1. The summed E-state index contributed by atoms with van der Waals surface area (Å²) in [5, 5.41) is 12.0. The van der Waals surface area contributed by atoms with Crippen molar-refractivity contribution in [2.24, 2.45) is 0 Å². The van der Waals surface area contributed by atoms with E-state index in [1.165, 1.54) is 24.0 Å². The summed E-state index contributed by atoms with van der Waals surface area (Å²) < 4.78 is 1.000. The molecule has 98 valence electrons. The van der Waals surface area contributed by atoms with Gasteiger partial charge in [-0.1, -0.05) is 15.9 Å². The lowest BCUT2D eigenvalue weighted by molar-refractivity contribution is -0.113. The second kappa shape index (κ2) is 6.58. The molecule has 2 aromatic rings. The molecule has 6 heteroatoms. The molecule has 1 aromatic carbocycles. The van der Waals surface area contributed by atoms with Gasteiger partial charge in [-0.2, -0.15) is 0 Å². The van der Waals surface area contributed by atoms with Gasteiger partial charge in [0.25, 0.3) is 0 Å². The molecule has 0 fully saturated rings. The zero-order valence-corrected chi connectivity index (χ0v) is 12.2. The molecule has 0 bridgehead atoms. The van der Waals surface area contributed by atoms with Gasteiger partial charge in [0.2, 0.25) is 5.91 Å². The highest BCUT2D eigenvalue weighted by atomic mass is 79.9. The number of benzene rings is 1. The number of nitrogens with one attached hydrogen (secondary N) is 1. The van der Waals surface area contributed by atoms with E-state index in [0.717, 1.165) is 9.37 Å². The highest BCUT2D eigenvalue weighted by molar-refractivity contribution is 9.10. The summed E-state index contributed by atoms with van der Waals surface area (Å²) in [5.41, 5.74) is 0. The average molecular weight is 339 g/mol. The maximum absolute atomic E-state index is 11.7. The molecule has 0 aliphatic rings. The second-order valence-corrected chi connectivity index (χ2v) is 5.63. The van der Waals surface area contributed by atoms with E-state index in [9.17, 15) is 9.90 Å². The fourth-order valence-electron chi connectivity index (χ4n) is 1.34. The molecule has 0 spiro atoms. The van der Waals surface area contributed by atoms with Gasteiger partial charge in [0.05, 0.1) is 5.75 Å². The molecule has 1 heterocycles. The largest absolute Gasteiger partial charge is 0.504 e. The highest BCUT2D eigenvalue weighted by Gasteiger charge is 2.07. The third-order valence-corrected chi connectivity index (χ3v) is 3.77. The number of carbonyl (C=O) groups excluding carboxylic acids is 1. The van der Waals surface area contributed by atoms with Crippen molar-refractivity contribution in [3.8, 4) is 5.75 Å². The lowest BCUT2D eigenvalue weighted by atomic mass is 10.4. The Morgan fingerprint density at radius 1 is 1.32 bits per heavy atom. The zero-order valence-electron chi connectivity index (χ0n) is 9.84. The number of rotatable bonds is 4. The van der Waals surface area contributed by atoms with Gasteiger partial charge in [-0.25, -0.2) is 4.98 Å². The van der Waals surface area contributed by atoms with Gasteiger partial charge in [-0.3, -0.25) is 4.79 Å². The van der Waals surface area contributed by atoms with Crippen molar-refractivity contribution in [3.63, 3.8) is 0 Å². The number of carbonyl (C=O) groups is 1. The van der Waals surface area contributed by atoms with Crippen molar-refractivity contribution < 1.29 is 9.90 Å². The van der Waals surface area contributed by atoms with Crippen molar-refractivity contribution in [1.82, 2.24) is 4.98 Å². The van der Waals surface area contributed by atoms with Crippen LogP contribution < -0.4 is 5.32 Å². The molecule has 2 N–H and O–H groups in total. The first-order valence-corrected chi connectivity index (χ1v) is 7.25. The van der Waals surface area contributed by atoms with E-state index < -0.39 is 0 Å². The first kappa shape index (κ1) is 13.9. The van der Waals surface area contributed by atoms with Crippen molar-refractivity contribution >= 4 is 39.4 Å². The van der Waals surface area contributed by atoms with Crippen molar-refractivity contribution in [2.75, 3.05) is 11.1 Å². The van der Waals surface area contributed by atoms with E-state index in [1.54, 1.807) is 6.07 Å². The van der Waals surface area contributed by atoms with Crippen LogP contribution in [-0.4, -0.2) is 21.8 Å². The molecule has 0 aliphatic carbocycles. The number of pyridine rings is 1. The Labute approximate surface area is 123 Å². The van der Waals surface area contributed by atoms with Crippen LogP contribution in [0.2, 0.25) is 0 Å². The Morgan fingerprint density at radius 2 is 2.05 bits per heavy atom. The average Bonchev–Trinajstić information content (AvgIpc) is 2.41. The predicted molar refractivity (Wildman–Crippen MR) is 79.4 cm³/mol. The third kappa shape index (κ3) is 4.25. The molecule has 4 nitrogen and oxygen atoms in total. The van der Waals surface area contributed by atoms with Gasteiger partial charge in [0.15, 0.2) is 11.6 Å². The highest BCUT2D eigenvalue weighted by Crippen LogP contribution is 2.22. The van der Waals surface area contributed by atoms with Crippen LogP contribution in [0, 0.1) is 0 Å². The van der Waals surface area contributed by atoms with E-state index in [0.29, 0.717) is 0 Å². The molecule has 0 radical (unpaired) electrons. The first-order valence-electron chi connectivity index (χ1n) is 5.47. The number of nitrogens with zero attached hydrogens (tertiary/aromatic N) is 1. The number of halogens is 1. The lowest BCUT2D eigenvalue weighted by Crippen LogP contribution is -2.14. The predicted octanol–water partition coefficient (Wildman–Crippen LogP) is 3.28. The van der Waals surface area contributed by atoms with Gasteiger partial charge in [-0.05, 0) is 36.4 Å². The maximum atomic E-state index is 11.7. The quantitative estimate of drug-likeness (QED) is 0.840. The van der Waals surface area contributed by atoms with Crippen molar-refractivity contribution in [3.05, 3.63) is 47.1 Å². The number of hydrogen-bond donors (Lipinski definition) is 2.